The van der Waals surface area contributed by atoms with Crippen LogP contribution in [0.1, 0.15) is 18.2 Å². The number of rotatable bonds is 4. The second-order valence-electron chi connectivity index (χ2n) is 6.64. The van der Waals surface area contributed by atoms with Crippen LogP contribution in [0.25, 0.3) is 11.3 Å². The highest BCUT2D eigenvalue weighted by molar-refractivity contribution is 5.81. The van der Waals surface area contributed by atoms with Crippen molar-refractivity contribution in [3.05, 3.63) is 71.5 Å². The summed E-state index contributed by atoms with van der Waals surface area (Å²) in [5, 5.41) is 4.01. The van der Waals surface area contributed by atoms with Gasteiger partial charge in [-0.05, 0) is 37.3 Å². The first-order valence-corrected chi connectivity index (χ1v) is 8.96. The predicted octanol–water partition coefficient (Wildman–Crippen LogP) is 3.97. The molecule has 5 nitrogen and oxygen atoms in total. The van der Waals surface area contributed by atoms with Gasteiger partial charge in [0.25, 0.3) is 5.91 Å². The van der Waals surface area contributed by atoms with Crippen molar-refractivity contribution in [3.8, 4) is 17.0 Å². The smallest absolute Gasteiger partial charge is 0.263 e. The Labute approximate surface area is 160 Å². The number of ether oxygens (including phenoxy) is 1. The van der Waals surface area contributed by atoms with Crippen LogP contribution in [0, 0.1) is 11.6 Å². The Bertz CT molecular complexity index is 1000. The highest BCUT2D eigenvalue weighted by atomic mass is 19.2. The van der Waals surface area contributed by atoms with E-state index in [1.54, 1.807) is 24.0 Å². The van der Waals surface area contributed by atoms with Crippen LogP contribution in [-0.4, -0.2) is 28.6 Å². The number of aromatic nitrogens is 1. The molecule has 144 valence electrons. The zero-order chi connectivity index (χ0) is 19.7. The summed E-state index contributed by atoms with van der Waals surface area (Å²) in [5.41, 5.74) is 1.53. The number of fused-ring (bicyclic) bond motifs is 1. The minimum atomic E-state index is -0.956. The number of para-hydroxylation sites is 1. The molecule has 0 N–H and O–H groups in total. The largest absolute Gasteiger partial charge is 0.481 e. The van der Waals surface area contributed by atoms with Crippen molar-refractivity contribution in [2.24, 2.45) is 0 Å². The van der Waals surface area contributed by atoms with Crippen LogP contribution in [-0.2, 0) is 17.8 Å². The topological polar surface area (TPSA) is 55.6 Å². The minimum absolute atomic E-state index is 0.160. The van der Waals surface area contributed by atoms with Crippen molar-refractivity contribution in [1.29, 1.82) is 0 Å². The zero-order valence-electron chi connectivity index (χ0n) is 15.2. The lowest BCUT2D eigenvalue weighted by Gasteiger charge is -2.29. The second-order valence-corrected chi connectivity index (χ2v) is 6.64. The molecule has 1 atom stereocenters. The molecule has 0 saturated heterocycles. The third-order valence-corrected chi connectivity index (χ3v) is 4.74. The molecular formula is C21H18F2N2O3. The van der Waals surface area contributed by atoms with Crippen molar-refractivity contribution in [3.63, 3.8) is 0 Å². The van der Waals surface area contributed by atoms with Gasteiger partial charge in [0.15, 0.2) is 17.7 Å². The molecule has 1 aromatic heterocycles. The van der Waals surface area contributed by atoms with Crippen LogP contribution < -0.4 is 4.74 Å². The summed E-state index contributed by atoms with van der Waals surface area (Å²) in [6.45, 7) is 2.45. The molecule has 0 unspecified atom stereocenters. The molecule has 1 aliphatic heterocycles. The Morgan fingerprint density at radius 2 is 1.96 bits per heavy atom. The molecule has 4 rings (SSSR count). The van der Waals surface area contributed by atoms with Crippen LogP contribution in [0.2, 0.25) is 0 Å². The van der Waals surface area contributed by atoms with Gasteiger partial charge in [0.05, 0.1) is 6.54 Å². The highest BCUT2D eigenvalue weighted by Crippen LogP contribution is 2.31. The molecule has 0 fully saturated rings. The van der Waals surface area contributed by atoms with Crippen LogP contribution in [0.3, 0.4) is 0 Å². The van der Waals surface area contributed by atoms with E-state index < -0.39 is 17.7 Å². The molecule has 0 saturated carbocycles. The molecule has 2 heterocycles. The van der Waals surface area contributed by atoms with E-state index in [9.17, 15) is 13.6 Å². The predicted molar refractivity (Wildman–Crippen MR) is 97.5 cm³/mol. The maximum Gasteiger partial charge on any atom is 0.263 e. The molecule has 7 heteroatoms. The van der Waals surface area contributed by atoms with E-state index in [1.807, 2.05) is 18.2 Å². The van der Waals surface area contributed by atoms with Crippen molar-refractivity contribution in [2.75, 3.05) is 6.54 Å². The molecule has 2 aromatic carbocycles. The quantitative estimate of drug-likeness (QED) is 0.683. The maximum absolute atomic E-state index is 13.6. The SMILES string of the molecule is C[C@@H](Oc1ccccc1)C(=O)N1CCc2onc(-c3ccc(F)c(F)c3)c2C1. The minimum Gasteiger partial charge on any atom is -0.481 e. The molecular weight excluding hydrogens is 366 g/mol. The van der Waals surface area contributed by atoms with Gasteiger partial charge in [-0.1, -0.05) is 23.4 Å². The first-order chi connectivity index (χ1) is 13.5. The van der Waals surface area contributed by atoms with Gasteiger partial charge in [-0.3, -0.25) is 4.79 Å². The number of nitrogens with zero attached hydrogens (tertiary/aromatic N) is 2. The molecule has 1 amide bonds. The number of benzene rings is 2. The Morgan fingerprint density at radius 3 is 2.71 bits per heavy atom. The molecule has 3 aromatic rings. The van der Waals surface area contributed by atoms with Gasteiger partial charge in [0, 0.05) is 24.1 Å². The number of carbonyl (C=O) groups excluding carboxylic acids is 1. The zero-order valence-corrected chi connectivity index (χ0v) is 15.2. The van der Waals surface area contributed by atoms with E-state index in [4.69, 9.17) is 9.26 Å². The van der Waals surface area contributed by atoms with Crippen LogP contribution in [0.15, 0.2) is 53.1 Å². The summed E-state index contributed by atoms with van der Waals surface area (Å²) in [4.78, 5) is 14.5. The number of amides is 1. The Morgan fingerprint density at radius 1 is 1.18 bits per heavy atom. The lowest BCUT2D eigenvalue weighted by atomic mass is 10.0. The Hall–Kier alpha value is -3.22. The third-order valence-electron chi connectivity index (χ3n) is 4.74. The fourth-order valence-corrected chi connectivity index (χ4v) is 3.28. The summed E-state index contributed by atoms with van der Waals surface area (Å²) in [6, 6.07) is 12.7. The molecule has 1 aliphatic rings. The van der Waals surface area contributed by atoms with E-state index in [1.165, 1.54) is 6.07 Å². The summed E-state index contributed by atoms with van der Waals surface area (Å²) in [7, 11) is 0. The van der Waals surface area contributed by atoms with Crippen molar-refractivity contribution in [1.82, 2.24) is 10.1 Å². The molecule has 0 aliphatic carbocycles. The number of hydrogen-bond acceptors (Lipinski definition) is 4. The van der Waals surface area contributed by atoms with Crippen molar-refractivity contribution < 1.29 is 22.8 Å². The first-order valence-electron chi connectivity index (χ1n) is 8.96. The van der Waals surface area contributed by atoms with Crippen molar-refractivity contribution >= 4 is 5.91 Å². The van der Waals surface area contributed by atoms with E-state index in [-0.39, 0.29) is 12.5 Å². The van der Waals surface area contributed by atoms with E-state index in [0.717, 1.165) is 12.1 Å². The lowest BCUT2D eigenvalue weighted by Crippen LogP contribution is -2.43. The highest BCUT2D eigenvalue weighted by Gasteiger charge is 2.30. The summed E-state index contributed by atoms with van der Waals surface area (Å²) in [6.07, 6.45) is -0.161. The summed E-state index contributed by atoms with van der Waals surface area (Å²) >= 11 is 0. The van der Waals surface area contributed by atoms with Gasteiger partial charge in [-0.25, -0.2) is 8.78 Å². The standard InChI is InChI=1S/C21H18F2N2O3/c1-13(27-15-5-3-2-4-6-15)21(26)25-10-9-19-16(12-25)20(24-28-19)14-7-8-17(22)18(23)11-14/h2-8,11,13H,9-10,12H2,1H3/t13-/m1/s1. The normalized spacial score (nSPS) is 14.5. The number of carbonyl (C=O) groups is 1. The third kappa shape index (κ3) is 3.47. The van der Waals surface area contributed by atoms with Gasteiger partial charge in [-0.2, -0.15) is 0 Å². The summed E-state index contributed by atoms with van der Waals surface area (Å²) in [5.74, 6) is -0.770. The van der Waals surface area contributed by atoms with Gasteiger partial charge in [0.2, 0.25) is 0 Å². The van der Waals surface area contributed by atoms with Crippen LogP contribution >= 0.6 is 0 Å². The first kappa shape index (κ1) is 18.2. The van der Waals surface area contributed by atoms with Crippen molar-refractivity contribution in [2.45, 2.75) is 26.0 Å². The van der Waals surface area contributed by atoms with Gasteiger partial charge < -0.3 is 14.2 Å². The summed E-state index contributed by atoms with van der Waals surface area (Å²) < 4.78 is 37.9. The number of halogens is 2. The lowest BCUT2D eigenvalue weighted by molar-refractivity contribution is -0.139. The molecule has 0 spiro atoms. The fourth-order valence-electron chi connectivity index (χ4n) is 3.28. The van der Waals surface area contributed by atoms with E-state index in [2.05, 4.69) is 5.16 Å². The molecule has 0 radical (unpaired) electrons. The monoisotopic (exact) mass is 384 g/mol. The Kier molecular flexibility index (Phi) is 4.81. The van der Waals surface area contributed by atoms with Crippen LogP contribution in [0.4, 0.5) is 8.78 Å². The maximum atomic E-state index is 13.6. The fraction of sp³-hybridized carbons (Fsp3) is 0.238. The number of hydrogen-bond donors (Lipinski definition) is 0. The van der Waals surface area contributed by atoms with E-state index >= 15 is 0 Å². The Balaban J connectivity index is 1.53. The van der Waals surface area contributed by atoms with Crippen LogP contribution in [0.5, 0.6) is 5.75 Å². The average molecular weight is 384 g/mol. The van der Waals surface area contributed by atoms with E-state index in [0.29, 0.717) is 41.3 Å². The average Bonchev–Trinajstić information content (AvgIpc) is 3.13. The molecule has 28 heavy (non-hydrogen) atoms. The van der Waals surface area contributed by atoms with Gasteiger partial charge in [-0.15, -0.1) is 0 Å². The molecule has 0 bridgehead atoms. The van der Waals surface area contributed by atoms with Gasteiger partial charge >= 0.3 is 0 Å². The van der Waals surface area contributed by atoms with Gasteiger partial charge in [0.1, 0.15) is 17.2 Å². The second kappa shape index (κ2) is 7.42.